The Morgan fingerprint density at radius 1 is 1.29 bits per heavy atom. The SMILES string of the molecule is CCC1C2C=CC(C2)C1CCC(C)=O. The highest BCUT2D eigenvalue weighted by Crippen LogP contribution is 2.50. The summed E-state index contributed by atoms with van der Waals surface area (Å²) < 4.78 is 0. The lowest BCUT2D eigenvalue weighted by Gasteiger charge is -2.26. The Bertz CT molecular complexity index is 254. The number of allylic oxidation sites excluding steroid dienone is 2. The van der Waals surface area contributed by atoms with Gasteiger partial charge in [0.25, 0.3) is 0 Å². The Labute approximate surface area is 86.6 Å². The fourth-order valence-corrected chi connectivity index (χ4v) is 3.43. The van der Waals surface area contributed by atoms with Crippen LogP contribution in [-0.4, -0.2) is 5.78 Å². The fourth-order valence-electron chi connectivity index (χ4n) is 3.43. The monoisotopic (exact) mass is 192 g/mol. The number of rotatable bonds is 4. The van der Waals surface area contributed by atoms with Crippen molar-refractivity contribution in [1.29, 1.82) is 0 Å². The predicted octanol–water partition coefficient (Wildman–Crippen LogP) is 3.20. The van der Waals surface area contributed by atoms with Crippen LogP contribution in [0.3, 0.4) is 0 Å². The zero-order chi connectivity index (χ0) is 10.1. The molecule has 14 heavy (non-hydrogen) atoms. The quantitative estimate of drug-likeness (QED) is 0.625. The molecule has 0 amide bonds. The highest BCUT2D eigenvalue weighted by atomic mass is 16.1. The lowest BCUT2D eigenvalue weighted by atomic mass is 9.78. The van der Waals surface area contributed by atoms with E-state index < -0.39 is 0 Å². The van der Waals surface area contributed by atoms with E-state index in [1.165, 1.54) is 12.8 Å². The van der Waals surface area contributed by atoms with Crippen molar-refractivity contribution < 1.29 is 4.79 Å². The van der Waals surface area contributed by atoms with Gasteiger partial charge < -0.3 is 4.79 Å². The van der Waals surface area contributed by atoms with Crippen LogP contribution in [0.4, 0.5) is 0 Å². The molecule has 0 heterocycles. The summed E-state index contributed by atoms with van der Waals surface area (Å²) in [5, 5.41) is 0. The minimum atomic E-state index is 0.353. The van der Waals surface area contributed by atoms with Crippen LogP contribution in [0, 0.1) is 23.7 Å². The van der Waals surface area contributed by atoms with Crippen LogP contribution < -0.4 is 0 Å². The molecule has 2 rings (SSSR count). The fraction of sp³-hybridized carbons (Fsp3) is 0.769. The maximum atomic E-state index is 11.0. The molecule has 78 valence electrons. The van der Waals surface area contributed by atoms with Gasteiger partial charge in [-0.3, -0.25) is 0 Å². The van der Waals surface area contributed by atoms with E-state index in [1.54, 1.807) is 6.92 Å². The molecule has 0 saturated heterocycles. The van der Waals surface area contributed by atoms with Crippen LogP contribution in [0.5, 0.6) is 0 Å². The summed E-state index contributed by atoms with van der Waals surface area (Å²) in [7, 11) is 0. The molecule has 4 atom stereocenters. The van der Waals surface area contributed by atoms with E-state index in [2.05, 4.69) is 19.1 Å². The number of hydrogen-bond donors (Lipinski definition) is 0. The third-order valence-electron chi connectivity index (χ3n) is 4.10. The largest absolute Gasteiger partial charge is 0.300 e. The Morgan fingerprint density at radius 2 is 1.93 bits per heavy atom. The molecule has 0 N–H and O–H groups in total. The zero-order valence-electron chi connectivity index (χ0n) is 9.20. The van der Waals surface area contributed by atoms with Crippen molar-refractivity contribution in [2.75, 3.05) is 0 Å². The van der Waals surface area contributed by atoms with Gasteiger partial charge in [-0.25, -0.2) is 0 Å². The first-order valence-electron chi connectivity index (χ1n) is 5.90. The summed E-state index contributed by atoms with van der Waals surface area (Å²) in [4.78, 5) is 11.0. The number of ketones is 1. The lowest BCUT2D eigenvalue weighted by Crippen LogP contribution is -2.19. The molecule has 1 saturated carbocycles. The number of fused-ring (bicyclic) bond motifs is 2. The molecule has 2 bridgehead atoms. The van der Waals surface area contributed by atoms with Crippen molar-refractivity contribution >= 4 is 5.78 Å². The van der Waals surface area contributed by atoms with Crippen molar-refractivity contribution in [2.45, 2.75) is 39.5 Å². The second-order valence-electron chi connectivity index (χ2n) is 4.92. The van der Waals surface area contributed by atoms with Gasteiger partial charge in [-0.05, 0) is 43.4 Å². The topological polar surface area (TPSA) is 17.1 Å². The summed E-state index contributed by atoms with van der Waals surface area (Å²) in [5.41, 5.74) is 0. The van der Waals surface area contributed by atoms with E-state index in [1.807, 2.05) is 0 Å². The van der Waals surface area contributed by atoms with Gasteiger partial charge in [0.05, 0.1) is 0 Å². The Kier molecular flexibility index (Phi) is 2.76. The van der Waals surface area contributed by atoms with Gasteiger partial charge in [-0.2, -0.15) is 0 Å². The number of carbonyl (C=O) groups is 1. The van der Waals surface area contributed by atoms with Gasteiger partial charge in [0.2, 0.25) is 0 Å². The average Bonchev–Trinajstić information content (AvgIpc) is 2.72. The standard InChI is InChI=1S/C13H20O/c1-3-12-10-5-6-11(8-10)13(12)7-4-9(2)14/h5-6,10-13H,3-4,7-8H2,1-2H3. The van der Waals surface area contributed by atoms with Crippen LogP contribution >= 0.6 is 0 Å². The number of Topliss-reactive ketones (excluding diaryl/α,β-unsaturated/α-hetero) is 1. The van der Waals surface area contributed by atoms with Crippen molar-refractivity contribution in [3.63, 3.8) is 0 Å². The molecule has 2 aliphatic rings. The van der Waals surface area contributed by atoms with E-state index in [4.69, 9.17) is 0 Å². The van der Waals surface area contributed by atoms with Crippen LogP contribution in [0.25, 0.3) is 0 Å². The molecule has 4 unspecified atom stereocenters. The van der Waals surface area contributed by atoms with E-state index in [0.29, 0.717) is 5.78 Å². The van der Waals surface area contributed by atoms with Gasteiger partial charge in [0.1, 0.15) is 5.78 Å². The van der Waals surface area contributed by atoms with Gasteiger partial charge in [-0.1, -0.05) is 25.5 Å². The second kappa shape index (κ2) is 3.88. The third-order valence-corrected chi connectivity index (χ3v) is 4.10. The summed E-state index contributed by atoms with van der Waals surface area (Å²) in [6, 6.07) is 0. The molecular formula is C13H20O. The molecule has 1 nitrogen and oxygen atoms in total. The van der Waals surface area contributed by atoms with E-state index in [0.717, 1.165) is 36.5 Å². The first-order chi connectivity index (χ1) is 6.72. The highest BCUT2D eigenvalue weighted by Gasteiger charge is 2.42. The van der Waals surface area contributed by atoms with E-state index >= 15 is 0 Å². The summed E-state index contributed by atoms with van der Waals surface area (Å²) >= 11 is 0. The van der Waals surface area contributed by atoms with Crippen molar-refractivity contribution in [3.8, 4) is 0 Å². The summed E-state index contributed by atoms with van der Waals surface area (Å²) in [6.07, 6.45) is 9.36. The van der Waals surface area contributed by atoms with E-state index in [9.17, 15) is 4.79 Å². The molecule has 0 spiro atoms. The van der Waals surface area contributed by atoms with Crippen LogP contribution in [0.15, 0.2) is 12.2 Å². The van der Waals surface area contributed by atoms with Crippen molar-refractivity contribution in [1.82, 2.24) is 0 Å². The molecule has 1 heteroatoms. The van der Waals surface area contributed by atoms with Crippen LogP contribution in [0.1, 0.15) is 39.5 Å². The van der Waals surface area contributed by atoms with Gasteiger partial charge in [-0.15, -0.1) is 0 Å². The van der Waals surface area contributed by atoms with E-state index in [-0.39, 0.29) is 0 Å². The first kappa shape index (κ1) is 9.95. The smallest absolute Gasteiger partial charge is 0.129 e. The van der Waals surface area contributed by atoms with Gasteiger partial charge >= 0.3 is 0 Å². The molecule has 0 radical (unpaired) electrons. The summed E-state index contributed by atoms with van der Waals surface area (Å²) in [6.45, 7) is 4.00. The predicted molar refractivity (Wildman–Crippen MR) is 57.9 cm³/mol. The van der Waals surface area contributed by atoms with Crippen LogP contribution in [-0.2, 0) is 4.79 Å². The summed E-state index contributed by atoms with van der Waals surface area (Å²) in [5.74, 6) is 3.65. The Hall–Kier alpha value is -0.590. The average molecular weight is 192 g/mol. The number of hydrogen-bond acceptors (Lipinski definition) is 1. The number of carbonyl (C=O) groups excluding carboxylic acids is 1. The molecule has 1 fully saturated rings. The Balaban J connectivity index is 1.97. The lowest BCUT2D eigenvalue weighted by molar-refractivity contribution is -0.117. The molecule has 0 aromatic carbocycles. The third kappa shape index (κ3) is 1.65. The van der Waals surface area contributed by atoms with Gasteiger partial charge in [0.15, 0.2) is 0 Å². The van der Waals surface area contributed by atoms with Gasteiger partial charge in [0, 0.05) is 6.42 Å². The first-order valence-corrected chi connectivity index (χ1v) is 5.90. The normalized spacial score (nSPS) is 39.3. The molecule has 0 aromatic rings. The minimum Gasteiger partial charge on any atom is -0.300 e. The van der Waals surface area contributed by atoms with Crippen molar-refractivity contribution in [3.05, 3.63) is 12.2 Å². The van der Waals surface area contributed by atoms with Crippen LogP contribution in [0.2, 0.25) is 0 Å². The highest BCUT2D eigenvalue weighted by molar-refractivity contribution is 5.75. The Morgan fingerprint density at radius 3 is 2.50 bits per heavy atom. The molecule has 0 aromatic heterocycles. The zero-order valence-corrected chi connectivity index (χ0v) is 9.20. The molecule has 2 aliphatic carbocycles. The second-order valence-corrected chi connectivity index (χ2v) is 4.92. The maximum Gasteiger partial charge on any atom is 0.129 e. The molecular weight excluding hydrogens is 172 g/mol. The maximum absolute atomic E-state index is 11.0. The minimum absolute atomic E-state index is 0.353. The molecule has 0 aliphatic heterocycles. The van der Waals surface area contributed by atoms with Crippen molar-refractivity contribution in [2.24, 2.45) is 23.7 Å².